The number of amides is 1. The van der Waals surface area contributed by atoms with Gasteiger partial charge >= 0.3 is 0 Å². The molecule has 2 saturated heterocycles. The first-order chi connectivity index (χ1) is 15.1. The smallest absolute Gasteiger partial charge is 0.227 e. The van der Waals surface area contributed by atoms with Crippen LogP contribution < -0.4 is 19.9 Å². The number of nitrogens with one attached hydrogen (secondary N) is 1. The van der Waals surface area contributed by atoms with Gasteiger partial charge in [-0.05, 0) is 37.6 Å². The van der Waals surface area contributed by atoms with Crippen LogP contribution in [0.15, 0.2) is 36.5 Å². The molecule has 1 N–H and O–H groups in total. The van der Waals surface area contributed by atoms with Crippen LogP contribution in [0.4, 0.5) is 11.8 Å². The van der Waals surface area contributed by atoms with E-state index in [-0.39, 0.29) is 17.9 Å². The zero-order valence-electron chi connectivity index (χ0n) is 18.3. The van der Waals surface area contributed by atoms with Gasteiger partial charge < -0.3 is 24.6 Å². The van der Waals surface area contributed by atoms with Crippen LogP contribution >= 0.6 is 0 Å². The second-order valence-corrected chi connectivity index (χ2v) is 7.97. The summed E-state index contributed by atoms with van der Waals surface area (Å²) in [7, 11) is 0. The van der Waals surface area contributed by atoms with Gasteiger partial charge in [0.2, 0.25) is 11.9 Å². The van der Waals surface area contributed by atoms with E-state index in [1.807, 2.05) is 50.4 Å². The van der Waals surface area contributed by atoms with E-state index in [9.17, 15) is 4.79 Å². The van der Waals surface area contributed by atoms with E-state index >= 15 is 0 Å². The normalized spacial score (nSPS) is 19.9. The maximum atomic E-state index is 12.0. The average Bonchev–Trinajstić information content (AvgIpc) is 3.28. The molecule has 2 atom stereocenters. The molecule has 1 amide bonds. The first-order valence-corrected chi connectivity index (χ1v) is 11.1. The number of anilines is 2. The molecule has 1 aromatic heterocycles. The molecule has 0 radical (unpaired) electrons. The van der Waals surface area contributed by atoms with E-state index < -0.39 is 0 Å². The second kappa shape index (κ2) is 9.96. The summed E-state index contributed by atoms with van der Waals surface area (Å²) in [6, 6.07) is 9.82. The number of ether oxygens (including phenoxy) is 2. The molecule has 8 nitrogen and oxygen atoms in total. The summed E-state index contributed by atoms with van der Waals surface area (Å²) in [5.41, 5.74) is 0.989. The van der Waals surface area contributed by atoms with E-state index in [2.05, 4.69) is 20.1 Å². The molecule has 2 aromatic rings. The zero-order valence-corrected chi connectivity index (χ0v) is 18.3. The van der Waals surface area contributed by atoms with Crippen LogP contribution in [0.2, 0.25) is 0 Å². The monoisotopic (exact) mass is 425 g/mol. The summed E-state index contributed by atoms with van der Waals surface area (Å²) < 4.78 is 11.6. The minimum Gasteiger partial charge on any atom is -0.489 e. The zero-order chi connectivity index (χ0) is 21.6. The highest BCUT2D eigenvalue weighted by Gasteiger charge is 2.26. The minimum absolute atomic E-state index is 0.0453. The molecule has 2 fully saturated rings. The quantitative estimate of drug-likeness (QED) is 0.729. The van der Waals surface area contributed by atoms with Crippen LogP contribution in [0.3, 0.4) is 0 Å². The van der Waals surface area contributed by atoms with Crippen molar-refractivity contribution in [3.05, 3.63) is 42.1 Å². The Bertz CT molecular complexity index is 870. The van der Waals surface area contributed by atoms with Crippen LogP contribution in [-0.2, 0) is 9.53 Å². The van der Waals surface area contributed by atoms with Gasteiger partial charge in [-0.2, -0.15) is 4.98 Å². The van der Waals surface area contributed by atoms with Gasteiger partial charge in [-0.3, -0.25) is 4.79 Å². The van der Waals surface area contributed by atoms with Gasteiger partial charge in [-0.1, -0.05) is 12.1 Å². The van der Waals surface area contributed by atoms with Crippen molar-refractivity contribution in [1.82, 2.24) is 15.3 Å². The average molecular weight is 426 g/mol. The molecular weight excluding hydrogens is 394 g/mol. The Balaban J connectivity index is 1.34. The number of aromatic nitrogens is 2. The van der Waals surface area contributed by atoms with E-state index in [1.165, 1.54) is 0 Å². The lowest BCUT2D eigenvalue weighted by Crippen LogP contribution is -2.37. The van der Waals surface area contributed by atoms with Crippen molar-refractivity contribution < 1.29 is 14.3 Å². The molecule has 0 spiro atoms. The number of carbonyl (C=O) groups is 1. The van der Waals surface area contributed by atoms with Crippen LogP contribution in [0.1, 0.15) is 31.7 Å². The van der Waals surface area contributed by atoms with Gasteiger partial charge in [-0.15, -0.1) is 0 Å². The van der Waals surface area contributed by atoms with Gasteiger partial charge in [0, 0.05) is 38.8 Å². The fraction of sp³-hybridized carbons (Fsp3) is 0.522. The molecule has 4 rings (SSSR count). The van der Waals surface area contributed by atoms with Crippen LogP contribution in [0.5, 0.6) is 5.75 Å². The van der Waals surface area contributed by atoms with Gasteiger partial charge in [0.05, 0.1) is 25.7 Å². The molecule has 2 aliphatic rings. The highest BCUT2D eigenvalue weighted by Crippen LogP contribution is 2.25. The van der Waals surface area contributed by atoms with Crippen molar-refractivity contribution in [3.8, 4) is 5.75 Å². The first-order valence-electron chi connectivity index (χ1n) is 11.1. The molecule has 166 valence electrons. The number of nitrogens with zero attached hydrogens (tertiary/aromatic N) is 4. The molecular formula is C23H31N5O3. The van der Waals surface area contributed by atoms with E-state index in [1.54, 1.807) is 0 Å². The third-order valence-corrected chi connectivity index (χ3v) is 5.82. The Morgan fingerprint density at radius 1 is 1.19 bits per heavy atom. The Labute approximate surface area is 183 Å². The Hall–Kier alpha value is -2.87. The fourth-order valence-corrected chi connectivity index (χ4v) is 3.97. The third kappa shape index (κ3) is 5.25. The highest BCUT2D eigenvalue weighted by molar-refractivity contribution is 5.83. The topological polar surface area (TPSA) is 79.8 Å². The first kappa shape index (κ1) is 21.4. The summed E-state index contributed by atoms with van der Waals surface area (Å²) in [4.78, 5) is 25.7. The van der Waals surface area contributed by atoms with E-state index in [0.29, 0.717) is 19.8 Å². The van der Waals surface area contributed by atoms with Crippen LogP contribution in [0.25, 0.3) is 0 Å². The second-order valence-electron chi connectivity index (χ2n) is 7.97. The number of likely N-dealkylation sites (N-methyl/N-ethyl adjacent to an activating group) is 1. The van der Waals surface area contributed by atoms with Crippen LogP contribution in [0, 0.1) is 0 Å². The molecule has 0 bridgehead atoms. The number of hydrogen-bond donors (Lipinski definition) is 1. The summed E-state index contributed by atoms with van der Waals surface area (Å²) in [6.07, 6.45) is 2.87. The van der Waals surface area contributed by atoms with Crippen molar-refractivity contribution in [2.24, 2.45) is 0 Å². The van der Waals surface area contributed by atoms with Gasteiger partial charge in [0.15, 0.2) is 0 Å². The van der Waals surface area contributed by atoms with Crippen molar-refractivity contribution in [1.29, 1.82) is 0 Å². The maximum absolute atomic E-state index is 12.0. The largest absolute Gasteiger partial charge is 0.489 e. The third-order valence-electron chi connectivity index (χ3n) is 5.82. The van der Waals surface area contributed by atoms with E-state index in [0.717, 1.165) is 55.7 Å². The molecule has 31 heavy (non-hydrogen) atoms. The van der Waals surface area contributed by atoms with Crippen molar-refractivity contribution >= 4 is 17.7 Å². The lowest BCUT2D eigenvalue weighted by Gasteiger charge is -2.27. The molecule has 1 aromatic carbocycles. The Morgan fingerprint density at radius 3 is 2.71 bits per heavy atom. The fourth-order valence-electron chi connectivity index (χ4n) is 3.97. The van der Waals surface area contributed by atoms with E-state index in [4.69, 9.17) is 14.5 Å². The van der Waals surface area contributed by atoms with Gasteiger partial charge in [0.25, 0.3) is 0 Å². The number of hydrogen-bond acceptors (Lipinski definition) is 7. The number of carbonyl (C=O) groups excluding carboxylic acids is 1. The Kier molecular flexibility index (Phi) is 6.86. The molecule has 2 aliphatic heterocycles. The molecule has 8 heteroatoms. The van der Waals surface area contributed by atoms with Crippen molar-refractivity contribution in [2.45, 2.75) is 32.3 Å². The van der Waals surface area contributed by atoms with Crippen molar-refractivity contribution in [2.75, 3.05) is 55.7 Å². The Morgan fingerprint density at radius 2 is 1.97 bits per heavy atom. The molecule has 3 heterocycles. The number of benzene rings is 1. The highest BCUT2D eigenvalue weighted by atomic mass is 16.5. The number of morpholine rings is 1. The van der Waals surface area contributed by atoms with Gasteiger partial charge in [-0.25, -0.2) is 4.98 Å². The standard InChI is InChI=1S/C23H31N5O3/c1-3-24-22(29)17(2)18-4-6-19(7-5-18)31-20-9-11-28(16-20)21-8-10-25-23(26-21)27-12-14-30-15-13-27/h4-8,10,17,20H,3,9,11-16H2,1-2H3,(H,24,29)/t17?,20-/m1/s1. The number of rotatable bonds is 7. The molecule has 0 aliphatic carbocycles. The summed E-state index contributed by atoms with van der Waals surface area (Å²) >= 11 is 0. The predicted octanol–water partition coefficient (Wildman–Crippen LogP) is 2.21. The predicted molar refractivity (Wildman–Crippen MR) is 120 cm³/mol. The molecule has 1 unspecified atom stereocenters. The SMILES string of the molecule is CCNC(=O)C(C)c1ccc(O[C@@H]2CCN(c3ccnc(N4CCOCC4)n3)C2)cc1. The lowest BCUT2D eigenvalue weighted by atomic mass is 10.0. The maximum Gasteiger partial charge on any atom is 0.227 e. The molecule has 0 saturated carbocycles. The summed E-state index contributed by atoms with van der Waals surface area (Å²) in [5, 5.41) is 2.87. The van der Waals surface area contributed by atoms with Gasteiger partial charge in [0.1, 0.15) is 17.7 Å². The lowest BCUT2D eigenvalue weighted by molar-refractivity contribution is -0.122. The van der Waals surface area contributed by atoms with Crippen molar-refractivity contribution in [3.63, 3.8) is 0 Å². The minimum atomic E-state index is -0.172. The summed E-state index contributed by atoms with van der Waals surface area (Å²) in [6.45, 7) is 9.26. The van der Waals surface area contributed by atoms with Crippen LogP contribution in [-0.4, -0.2) is 67.9 Å². The summed E-state index contributed by atoms with van der Waals surface area (Å²) in [5.74, 6) is 2.41.